The van der Waals surface area contributed by atoms with Crippen LogP contribution in [0.2, 0.25) is 0 Å². The highest BCUT2D eigenvalue weighted by atomic mass is 32.1. The number of hydrogen-bond donors (Lipinski definition) is 2. The van der Waals surface area contributed by atoms with E-state index in [-0.39, 0.29) is 5.56 Å². The highest BCUT2D eigenvalue weighted by molar-refractivity contribution is 7.15. The fraction of sp³-hybridized carbons (Fsp3) is 0.647. The lowest BCUT2D eigenvalue weighted by Gasteiger charge is -2.40. The Hall–Kier alpha value is -1.24. The van der Waals surface area contributed by atoms with E-state index in [2.05, 4.69) is 24.1 Å². The van der Waals surface area contributed by atoms with Crippen molar-refractivity contribution in [2.75, 3.05) is 6.54 Å². The molecule has 2 aromatic rings. The Kier molecular flexibility index (Phi) is 4.58. The molecule has 0 aliphatic heterocycles. The van der Waals surface area contributed by atoms with E-state index >= 15 is 0 Å². The van der Waals surface area contributed by atoms with Crippen molar-refractivity contribution < 1.29 is 0 Å². The van der Waals surface area contributed by atoms with Gasteiger partial charge in [-0.3, -0.25) is 9.20 Å². The second kappa shape index (κ2) is 6.34. The third-order valence-electron chi connectivity index (χ3n) is 4.99. The summed E-state index contributed by atoms with van der Waals surface area (Å²) in [7, 11) is 0. The molecule has 0 spiro atoms. The molecule has 1 saturated carbocycles. The normalized spacial score (nSPS) is 24.2. The Morgan fingerprint density at radius 3 is 3.04 bits per heavy atom. The molecule has 2 aromatic heterocycles. The molecule has 3 N–H and O–H groups in total. The van der Waals surface area contributed by atoms with E-state index in [0.29, 0.717) is 30.5 Å². The van der Waals surface area contributed by atoms with Crippen LogP contribution in [0.15, 0.2) is 16.2 Å². The zero-order chi connectivity index (χ0) is 16.6. The van der Waals surface area contributed by atoms with Crippen LogP contribution in [0.5, 0.6) is 0 Å². The molecular formula is C17H26N4OS. The summed E-state index contributed by atoms with van der Waals surface area (Å²) in [5, 5.41) is 5.56. The first-order valence-corrected chi connectivity index (χ1v) is 9.18. The van der Waals surface area contributed by atoms with Gasteiger partial charge in [0.15, 0.2) is 4.96 Å². The van der Waals surface area contributed by atoms with Gasteiger partial charge in [0.2, 0.25) is 0 Å². The van der Waals surface area contributed by atoms with Crippen LogP contribution in [-0.2, 0) is 6.54 Å². The maximum absolute atomic E-state index is 12.2. The Bertz CT molecular complexity index is 749. The van der Waals surface area contributed by atoms with Crippen molar-refractivity contribution in [3.05, 3.63) is 33.2 Å². The van der Waals surface area contributed by atoms with Gasteiger partial charge in [0.25, 0.3) is 5.56 Å². The maximum Gasteiger partial charge on any atom is 0.259 e. The number of fused-ring (bicyclic) bond motifs is 1. The van der Waals surface area contributed by atoms with Gasteiger partial charge in [0, 0.05) is 29.7 Å². The Labute approximate surface area is 140 Å². The van der Waals surface area contributed by atoms with E-state index < -0.39 is 0 Å². The van der Waals surface area contributed by atoms with Gasteiger partial charge in [-0.1, -0.05) is 13.8 Å². The van der Waals surface area contributed by atoms with Crippen molar-refractivity contribution in [2.45, 2.75) is 52.6 Å². The lowest BCUT2D eigenvalue weighted by Crippen LogP contribution is -2.45. The zero-order valence-corrected chi connectivity index (χ0v) is 14.9. The van der Waals surface area contributed by atoms with Gasteiger partial charge in [-0.25, -0.2) is 4.98 Å². The SMILES string of the molecule is Cc1csc2nc(CNC3CCC(C)(C)CC3CN)cc(=O)n12. The molecule has 0 aromatic carbocycles. The van der Waals surface area contributed by atoms with Gasteiger partial charge in [-0.05, 0) is 44.1 Å². The first-order valence-electron chi connectivity index (χ1n) is 8.30. The predicted molar refractivity (Wildman–Crippen MR) is 94.9 cm³/mol. The van der Waals surface area contributed by atoms with Crippen molar-refractivity contribution in [1.29, 1.82) is 0 Å². The second-order valence-electron chi connectivity index (χ2n) is 7.47. The molecule has 2 unspecified atom stereocenters. The van der Waals surface area contributed by atoms with E-state index in [1.165, 1.54) is 17.8 Å². The molecule has 3 rings (SSSR count). The summed E-state index contributed by atoms with van der Waals surface area (Å²) in [5.41, 5.74) is 8.13. The van der Waals surface area contributed by atoms with Crippen LogP contribution < -0.4 is 16.6 Å². The van der Waals surface area contributed by atoms with Crippen molar-refractivity contribution in [3.8, 4) is 0 Å². The van der Waals surface area contributed by atoms with Gasteiger partial charge >= 0.3 is 0 Å². The van der Waals surface area contributed by atoms with Crippen molar-refractivity contribution in [3.63, 3.8) is 0 Å². The van der Waals surface area contributed by atoms with Crippen LogP contribution >= 0.6 is 11.3 Å². The minimum absolute atomic E-state index is 0.00528. The van der Waals surface area contributed by atoms with Gasteiger partial charge in [0.1, 0.15) is 0 Å². The molecular weight excluding hydrogens is 308 g/mol. The molecule has 5 nitrogen and oxygen atoms in total. The number of nitrogens with one attached hydrogen (secondary N) is 1. The zero-order valence-electron chi connectivity index (χ0n) is 14.1. The Morgan fingerprint density at radius 2 is 2.30 bits per heavy atom. The van der Waals surface area contributed by atoms with E-state index in [1.807, 2.05) is 12.3 Å². The van der Waals surface area contributed by atoms with Gasteiger partial charge < -0.3 is 11.1 Å². The summed E-state index contributed by atoms with van der Waals surface area (Å²) < 4.78 is 1.67. The Morgan fingerprint density at radius 1 is 1.52 bits per heavy atom. The molecule has 6 heteroatoms. The molecule has 1 aliphatic carbocycles. The third-order valence-corrected chi connectivity index (χ3v) is 5.94. The molecule has 0 amide bonds. The van der Waals surface area contributed by atoms with Crippen LogP contribution in [0.4, 0.5) is 0 Å². The highest BCUT2D eigenvalue weighted by Gasteiger charge is 2.33. The van der Waals surface area contributed by atoms with E-state index in [9.17, 15) is 4.79 Å². The average molecular weight is 334 g/mol. The first-order chi connectivity index (χ1) is 10.9. The lowest BCUT2D eigenvalue weighted by molar-refractivity contribution is 0.141. The summed E-state index contributed by atoms with van der Waals surface area (Å²) in [6, 6.07) is 2.06. The number of nitrogens with two attached hydrogens (primary N) is 1. The molecule has 2 heterocycles. The molecule has 1 fully saturated rings. The van der Waals surface area contributed by atoms with Crippen LogP contribution in [0.1, 0.15) is 44.5 Å². The number of nitrogens with zero attached hydrogens (tertiary/aromatic N) is 2. The molecule has 126 valence electrons. The molecule has 23 heavy (non-hydrogen) atoms. The molecule has 2 atom stereocenters. The monoisotopic (exact) mass is 334 g/mol. The van der Waals surface area contributed by atoms with E-state index in [1.54, 1.807) is 10.5 Å². The van der Waals surface area contributed by atoms with Crippen LogP contribution in [-0.4, -0.2) is 22.0 Å². The summed E-state index contributed by atoms with van der Waals surface area (Å²) in [6.45, 7) is 7.91. The predicted octanol–water partition coefficient (Wildman–Crippen LogP) is 2.31. The van der Waals surface area contributed by atoms with Crippen molar-refractivity contribution >= 4 is 16.3 Å². The topological polar surface area (TPSA) is 72.4 Å². The summed E-state index contributed by atoms with van der Waals surface area (Å²) in [6.07, 6.45) is 3.50. The molecule has 1 aliphatic rings. The molecule has 0 saturated heterocycles. The Balaban J connectivity index is 1.72. The smallest absolute Gasteiger partial charge is 0.259 e. The van der Waals surface area contributed by atoms with Crippen LogP contribution in [0.3, 0.4) is 0 Å². The summed E-state index contributed by atoms with van der Waals surface area (Å²) >= 11 is 1.51. The van der Waals surface area contributed by atoms with Crippen molar-refractivity contribution in [2.24, 2.45) is 17.1 Å². The maximum atomic E-state index is 12.2. The summed E-state index contributed by atoms with van der Waals surface area (Å²) in [4.78, 5) is 17.6. The average Bonchev–Trinajstić information content (AvgIpc) is 2.87. The van der Waals surface area contributed by atoms with Gasteiger partial charge in [0.05, 0.1) is 5.69 Å². The number of hydrogen-bond acceptors (Lipinski definition) is 5. The molecule has 0 bridgehead atoms. The van der Waals surface area contributed by atoms with Gasteiger partial charge in [-0.15, -0.1) is 11.3 Å². The van der Waals surface area contributed by atoms with E-state index in [4.69, 9.17) is 5.73 Å². The fourth-order valence-corrected chi connectivity index (χ4v) is 4.57. The first kappa shape index (κ1) is 16.6. The number of aromatic nitrogens is 2. The lowest BCUT2D eigenvalue weighted by atomic mass is 9.70. The fourth-order valence-electron chi connectivity index (χ4n) is 3.68. The number of thiazole rings is 1. The standard InChI is InChI=1S/C17H26N4OS/c1-11-10-23-16-20-13(6-15(22)21(11)16)9-19-14-4-5-17(2,3)7-12(14)8-18/h6,10,12,14,19H,4-5,7-9,18H2,1-3H3. The molecule has 0 radical (unpaired) electrons. The minimum atomic E-state index is 0.00528. The van der Waals surface area contributed by atoms with Crippen LogP contribution in [0, 0.1) is 18.3 Å². The number of rotatable bonds is 4. The minimum Gasteiger partial charge on any atom is -0.330 e. The third kappa shape index (κ3) is 3.49. The second-order valence-corrected chi connectivity index (χ2v) is 8.31. The highest BCUT2D eigenvalue weighted by Crippen LogP contribution is 2.38. The van der Waals surface area contributed by atoms with E-state index in [0.717, 1.165) is 29.2 Å². The van der Waals surface area contributed by atoms with Crippen LogP contribution in [0.25, 0.3) is 4.96 Å². The summed E-state index contributed by atoms with van der Waals surface area (Å²) in [5.74, 6) is 0.493. The number of aryl methyl sites for hydroxylation is 1. The van der Waals surface area contributed by atoms with Gasteiger partial charge in [-0.2, -0.15) is 0 Å². The quantitative estimate of drug-likeness (QED) is 0.900. The van der Waals surface area contributed by atoms with Crippen molar-refractivity contribution in [1.82, 2.24) is 14.7 Å². The largest absolute Gasteiger partial charge is 0.330 e.